The van der Waals surface area contributed by atoms with Gasteiger partial charge in [0.25, 0.3) is 5.56 Å². The van der Waals surface area contributed by atoms with Crippen LogP contribution in [0.5, 0.6) is 5.75 Å². The second-order valence-corrected chi connectivity index (χ2v) is 5.08. The maximum atomic E-state index is 12.7. The zero-order valence-electron chi connectivity index (χ0n) is 12.2. The first-order chi connectivity index (χ1) is 10.5. The van der Waals surface area contributed by atoms with Gasteiger partial charge < -0.3 is 5.11 Å². The highest BCUT2D eigenvalue weighted by Crippen LogP contribution is 2.27. The third-order valence-electron chi connectivity index (χ3n) is 3.50. The van der Waals surface area contributed by atoms with E-state index in [-0.39, 0.29) is 11.3 Å². The molecule has 1 aromatic carbocycles. The van der Waals surface area contributed by atoms with Crippen LogP contribution in [0.15, 0.2) is 47.3 Å². The number of Topliss-reactive ketones (excluding diaryl/α,β-unsaturated/α-hetero) is 1. The molecule has 0 unspecified atom stereocenters. The molecule has 22 heavy (non-hydrogen) atoms. The van der Waals surface area contributed by atoms with Gasteiger partial charge in [-0.3, -0.25) is 14.2 Å². The van der Waals surface area contributed by atoms with Crippen molar-refractivity contribution in [2.75, 3.05) is 0 Å². The van der Waals surface area contributed by atoms with Gasteiger partial charge in [-0.25, -0.2) is 4.98 Å². The van der Waals surface area contributed by atoms with Crippen LogP contribution in [0.2, 0.25) is 0 Å². The largest absolute Gasteiger partial charge is 0.506 e. The fourth-order valence-electron chi connectivity index (χ4n) is 2.48. The molecule has 1 N–H and O–H groups in total. The quantitative estimate of drug-likeness (QED) is 0.737. The number of aromatic hydroxyl groups is 1. The highest BCUT2D eigenvalue weighted by atomic mass is 16.3. The van der Waals surface area contributed by atoms with E-state index in [1.807, 2.05) is 6.07 Å². The summed E-state index contributed by atoms with van der Waals surface area (Å²) in [6.07, 6.45) is 0. The number of ketones is 1. The monoisotopic (exact) mass is 294 g/mol. The van der Waals surface area contributed by atoms with Gasteiger partial charge in [0.05, 0.1) is 11.1 Å². The number of carbonyl (C=O) groups excluding carboxylic acids is 1. The molecule has 0 saturated carbocycles. The summed E-state index contributed by atoms with van der Waals surface area (Å²) in [6.45, 7) is 3.06. The number of fused-ring (bicyclic) bond motifs is 1. The Balaban J connectivity index is 2.56. The molecule has 0 aliphatic carbocycles. The summed E-state index contributed by atoms with van der Waals surface area (Å²) >= 11 is 0. The second-order valence-electron chi connectivity index (χ2n) is 5.08. The van der Waals surface area contributed by atoms with Crippen molar-refractivity contribution in [2.45, 2.75) is 13.8 Å². The molecule has 0 atom stereocenters. The number of carbonyl (C=O) groups is 1. The number of hydrogen-bond acceptors (Lipinski definition) is 4. The Hall–Kier alpha value is -2.95. The maximum Gasteiger partial charge on any atom is 0.271 e. The van der Waals surface area contributed by atoms with Gasteiger partial charge in [0.2, 0.25) is 0 Å². The van der Waals surface area contributed by atoms with Gasteiger partial charge in [-0.1, -0.05) is 18.2 Å². The number of pyridine rings is 2. The fourth-order valence-corrected chi connectivity index (χ4v) is 2.48. The van der Waals surface area contributed by atoms with Crippen LogP contribution >= 0.6 is 0 Å². The topological polar surface area (TPSA) is 72.2 Å². The molecule has 2 aromatic heterocycles. The lowest BCUT2D eigenvalue weighted by molar-refractivity contribution is 0.101. The fraction of sp³-hybridized carbons (Fsp3) is 0.118. The van der Waals surface area contributed by atoms with Gasteiger partial charge in [-0.05, 0) is 38.1 Å². The highest BCUT2D eigenvalue weighted by Gasteiger charge is 2.21. The van der Waals surface area contributed by atoms with E-state index in [1.54, 1.807) is 43.3 Å². The van der Waals surface area contributed by atoms with E-state index in [2.05, 4.69) is 4.98 Å². The molecule has 5 heteroatoms. The average molecular weight is 294 g/mol. The zero-order chi connectivity index (χ0) is 15.9. The second kappa shape index (κ2) is 5.11. The molecule has 0 saturated heterocycles. The van der Waals surface area contributed by atoms with Crippen LogP contribution < -0.4 is 5.56 Å². The van der Waals surface area contributed by atoms with Gasteiger partial charge in [0.1, 0.15) is 11.3 Å². The maximum absolute atomic E-state index is 12.7. The van der Waals surface area contributed by atoms with Crippen LogP contribution in [0.4, 0.5) is 0 Å². The highest BCUT2D eigenvalue weighted by molar-refractivity contribution is 6.02. The van der Waals surface area contributed by atoms with Crippen LogP contribution in [0.3, 0.4) is 0 Å². The van der Waals surface area contributed by atoms with Gasteiger partial charge >= 0.3 is 0 Å². The van der Waals surface area contributed by atoms with Gasteiger partial charge in [0, 0.05) is 5.69 Å². The van der Waals surface area contributed by atoms with Crippen molar-refractivity contribution < 1.29 is 9.90 Å². The van der Waals surface area contributed by atoms with Crippen molar-refractivity contribution in [3.8, 4) is 11.4 Å². The van der Waals surface area contributed by atoms with E-state index in [9.17, 15) is 14.7 Å². The lowest BCUT2D eigenvalue weighted by Gasteiger charge is -2.13. The van der Waals surface area contributed by atoms with E-state index >= 15 is 0 Å². The molecular weight excluding hydrogens is 280 g/mol. The summed E-state index contributed by atoms with van der Waals surface area (Å²) in [6, 6.07) is 12.3. The number of aryl methyl sites for hydroxylation is 1. The Kier molecular flexibility index (Phi) is 3.25. The first-order valence-electron chi connectivity index (χ1n) is 6.82. The first-order valence-corrected chi connectivity index (χ1v) is 6.82. The van der Waals surface area contributed by atoms with Crippen LogP contribution in [0.1, 0.15) is 23.0 Å². The van der Waals surface area contributed by atoms with E-state index in [4.69, 9.17) is 0 Å². The van der Waals surface area contributed by atoms with Gasteiger partial charge in [0.15, 0.2) is 11.4 Å². The third-order valence-corrected chi connectivity index (χ3v) is 3.50. The minimum Gasteiger partial charge on any atom is -0.506 e. The molecular formula is C17H14N2O3. The Morgan fingerprint density at radius 3 is 2.45 bits per heavy atom. The first kappa shape index (κ1) is 14.0. The predicted octanol–water partition coefficient (Wildman–Crippen LogP) is 2.60. The van der Waals surface area contributed by atoms with E-state index in [0.29, 0.717) is 22.4 Å². The average Bonchev–Trinajstić information content (AvgIpc) is 2.47. The molecule has 2 heterocycles. The molecule has 0 fully saturated rings. The molecule has 5 nitrogen and oxygen atoms in total. The Labute approximate surface area is 126 Å². The Bertz CT molecular complexity index is 944. The molecule has 0 bridgehead atoms. The van der Waals surface area contributed by atoms with Crippen LogP contribution in [-0.4, -0.2) is 20.4 Å². The molecule has 0 aliphatic rings. The minimum atomic E-state index is -0.568. The zero-order valence-corrected chi connectivity index (χ0v) is 12.2. The van der Waals surface area contributed by atoms with Crippen molar-refractivity contribution in [1.29, 1.82) is 0 Å². The number of para-hydroxylation sites is 1. The molecule has 3 rings (SSSR count). The third kappa shape index (κ3) is 2.07. The Morgan fingerprint density at radius 2 is 1.82 bits per heavy atom. The summed E-state index contributed by atoms with van der Waals surface area (Å²) < 4.78 is 1.36. The summed E-state index contributed by atoms with van der Waals surface area (Å²) in [5, 5.41) is 10.7. The van der Waals surface area contributed by atoms with Crippen molar-refractivity contribution in [1.82, 2.24) is 9.55 Å². The number of benzene rings is 1. The molecule has 0 aliphatic heterocycles. The summed E-state index contributed by atoms with van der Waals surface area (Å²) in [4.78, 5) is 28.9. The van der Waals surface area contributed by atoms with Gasteiger partial charge in [-0.2, -0.15) is 0 Å². The molecule has 0 spiro atoms. The lowest BCUT2D eigenvalue weighted by Crippen LogP contribution is -2.25. The van der Waals surface area contributed by atoms with E-state index < -0.39 is 11.3 Å². The minimum absolute atomic E-state index is 0.220. The van der Waals surface area contributed by atoms with Crippen LogP contribution in [0.25, 0.3) is 16.7 Å². The molecule has 3 aromatic rings. The summed E-state index contributed by atoms with van der Waals surface area (Å²) in [7, 11) is 0. The summed E-state index contributed by atoms with van der Waals surface area (Å²) in [5.41, 5.74) is 0.854. The number of aromatic nitrogens is 2. The molecule has 0 amide bonds. The Morgan fingerprint density at radius 1 is 1.14 bits per heavy atom. The van der Waals surface area contributed by atoms with Crippen molar-refractivity contribution in [3.63, 3.8) is 0 Å². The lowest BCUT2D eigenvalue weighted by atomic mass is 10.1. The number of nitrogens with zero attached hydrogens (tertiary/aromatic N) is 2. The summed E-state index contributed by atoms with van der Waals surface area (Å²) in [5.74, 6) is -0.790. The normalized spacial score (nSPS) is 10.8. The van der Waals surface area contributed by atoms with E-state index in [1.165, 1.54) is 11.5 Å². The van der Waals surface area contributed by atoms with Gasteiger partial charge in [-0.15, -0.1) is 0 Å². The van der Waals surface area contributed by atoms with E-state index in [0.717, 1.165) is 0 Å². The molecule has 0 radical (unpaired) electrons. The number of hydrogen-bond donors (Lipinski definition) is 1. The SMILES string of the molecule is CC(=O)c1c(O)c2ccc(C)nc2n(-c2ccccc2)c1=O. The van der Waals surface area contributed by atoms with Crippen molar-refractivity contribution in [2.24, 2.45) is 0 Å². The van der Waals surface area contributed by atoms with Crippen LogP contribution in [-0.2, 0) is 0 Å². The molecule has 110 valence electrons. The number of rotatable bonds is 2. The van der Waals surface area contributed by atoms with Crippen molar-refractivity contribution >= 4 is 16.8 Å². The standard InChI is InChI=1S/C17H14N2O3/c1-10-8-9-13-15(21)14(11(2)20)17(22)19(16(13)18-10)12-6-4-3-5-7-12/h3-9,21H,1-2H3. The smallest absolute Gasteiger partial charge is 0.271 e. The van der Waals surface area contributed by atoms with Crippen molar-refractivity contribution in [3.05, 3.63) is 64.1 Å². The van der Waals surface area contributed by atoms with Crippen LogP contribution in [0, 0.1) is 6.92 Å². The predicted molar refractivity (Wildman–Crippen MR) is 83.7 cm³/mol.